The number of hydrogen-bond donors (Lipinski definition) is 1. The van der Waals surface area contributed by atoms with Crippen molar-refractivity contribution >= 4 is 17.5 Å². The molecule has 1 N–H and O–H groups in total. The molecule has 0 saturated carbocycles. The maximum absolute atomic E-state index is 13.2. The number of halogens is 1. The number of nitrogens with one attached hydrogen (secondary N) is 1. The summed E-state index contributed by atoms with van der Waals surface area (Å²) in [4.78, 5) is 26.4. The van der Waals surface area contributed by atoms with E-state index in [4.69, 9.17) is 4.74 Å². The van der Waals surface area contributed by atoms with Gasteiger partial charge in [-0.2, -0.15) is 5.10 Å². The van der Waals surface area contributed by atoms with Gasteiger partial charge in [-0.3, -0.25) is 14.3 Å². The molecule has 7 nitrogen and oxygen atoms in total. The van der Waals surface area contributed by atoms with Crippen molar-refractivity contribution in [1.82, 2.24) is 14.7 Å². The number of hydrogen-bond acceptors (Lipinski definition) is 4. The van der Waals surface area contributed by atoms with Gasteiger partial charge in [-0.05, 0) is 18.2 Å². The Hall–Kier alpha value is -2.74. The highest BCUT2D eigenvalue weighted by molar-refractivity contribution is 6.04. The van der Waals surface area contributed by atoms with Gasteiger partial charge >= 0.3 is 0 Å². The van der Waals surface area contributed by atoms with Crippen LogP contribution in [0.4, 0.5) is 10.1 Å². The van der Waals surface area contributed by atoms with Crippen LogP contribution < -0.4 is 5.32 Å². The van der Waals surface area contributed by atoms with Crippen molar-refractivity contribution in [2.75, 3.05) is 31.6 Å². The lowest BCUT2D eigenvalue weighted by molar-refractivity contribution is 0.0298. The summed E-state index contributed by atoms with van der Waals surface area (Å²) in [6.07, 6.45) is 0. The third kappa shape index (κ3) is 3.43. The molecule has 8 heteroatoms. The highest BCUT2D eigenvalue weighted by Gasteiger charge is 2.23. The Morgan fingerprint density at radius 2 is 2.00 bits per heavy atom. The number of morpholine rings is 1. The molecule has 2 heterocycles. The van der Waals surface area contributed by atoms with Crippen LogP contribution in [-0.4, -0.2) is 52.8 Å². The fourth-order valence-corrected chi connectivity index (χ4v) is 2.47. The van der Waals surface area contributed by atoms with Crippen LogP contribution >= 0.6 is 0 Å². The zero-order valence-corrected chi connectivity index (χ0v) is 13.2. The van der Waals surface area contributed by atoms with E-state index in [1.807, 2.05) is 0 Å². The van der Waals surface area contributed by atoms with E-state index in [-0.39, 0.29) is 17.3 Å². The predicted octanol–water partition coefficient (Wildman–Crippen LogP) is 1.28. The number of carbonyl (C=O) groups is 2. The molecule has 0 atom stereocenters. The van der Waals surface area contributed by atoms with Crippen molar-refractivity contribution in [3.05, 3.63) is 47.5 Å². The van der Waals surface area contributed by atoms with Gasteiger partial charge in [0.25, 0.3) is 11.8 Å². The standard InChI is InChI=1S/C16H17FN4O3/c1-20-14(15(22)18-12-4-2-3-11(17)9-12)10-13(19-20)16(23)21-5-7-24-8-6-21/h2-4,9-10H,5-8H2,1H3,(H,18,22). The lowest BCUT2D eigenvalue weighted by Crippen LogP contribution is -2.40. The SMILES string of the molecule is Cn1nc(C(=O)N2CCOCC2)cc1C(=O)Nc1cccc(F)c1. The minimum atomic E-state index is -0.461. The molecule has 0 aliphatic carbocycles. The Labute approximate surface area is 138 Å². The van der Waals surface area contributed by atoms with Crippen LogP contribution in [0.1, 0.15) is 21.0 Å². The molecule has 0 unspecified atom stereocenters. The number of ether oxygens (including phenoxy) is 1. The number of amides is 2. The summed E-state index contributed by atoms with van der Waals surface area (Å²) < 4.78 is 19.7. The first-order chi connectivity index (χ1) is 11.5. The Balaban J connectivity index is 1.75. The molecule has 1 aliphatic heterocycles. The van der Waals surface area contributed by atoms with Crippen molar-refractivity contribution in [3.8, 4) is 0 Å². The second-order valence-corrected chi connectivity index (χ2v) is 5.41. The minimum Gasteiger partial charge on any atom is -0.378 e. The average molecular weight is 332 g/mol. The number of carbonyl (C=O) groups excluding carboxylic acids is 2. The second kappa shape index (κ2) is 6.79. The number of aryl methyl sites for hydroxylation is 1. The monoisotopic (exact) mass is 332 g/mol. The van der Waals surface area contributed by atoms with Gasteiger partial charge in [0.05, 0.1) is 13.2 Å². The molecule has 2 aromatic rings. The first-order valence-corrected chi connectivity index (χ1v) is 7.52. The smallest absolute Gasteiger partial charge is 0.274 e. The summed E-state index contributed by atoms with van der Waals surface area (Å²) in [5, 5.41) is 6.70. The minimum absolute atomic E-state index is 0.198. The number of benzene rings is 1. The highest BCUT2D eigenvalue weighted by Crippen LogP contribution is 2.13. The zero-order chi connectivity index (χ0) is 17.1. The molecule has 0 bridgehead atoms. The average Bonchev–Trinajstić information content (AvgIpc) is 2.97. The van der Waals surface area contributed by atoms with Gasteiger partial charge in [0.15, 0.2) is 5.69 Å². The Kier molecular flexibility index (Phi) is 4.57. The van der Waals surface area contributed by atoms with Crippen molar-refractivity contribution in [1.29, 1.82) is 0 Å². The van der Waals surface area contributed by atoms with Gasteiger partial charge < -0.3 is 15.0 Å². The Morgan fingerprint density at radius 1 is 1.25 bits per heavy atom. The van der Waals surface area contributed by atoms with E-state index < -0.39 is 11.7 Å². The van der Waals surface area contributed by atoms with Gasteiger partial charge in [0.1, 0.15) is 11.5 Å². The first kappa shape index (κ1) is 16.1. The van der Waals surface area contributed by atoms with Crippen LogP contribution in [0.15, 0.2) is 30.3 Å². The second-order valence-electron chi connectivity index (χ2n) is 5.41. The van der Waals surface area contributed by atoms with Crippen molar-refractivity contribution in [2.45, 2.75) is 0 Å². The van der Waals surface area contributed by atoms with Crippen molar-refractivity contribution in [3.63, 3.8) is 0 Å². The fourth-order valence-electron chi connectivity index (χ4n) is 2.47. The largest absolute Gasteiger partial charge is 0.378 e. The highest BCUT2D eigenvalue weighted by atomic mass is 19.1. The molecule has 1 aliphatic rings. The molecular weight excluding hydrogens is 315 g/mol. The summed E-state index contributed by atoms with van der Waals surface area (Å²) in [5.74, 6) is -1.14. The van der Waals surface area contributed by atoms with Crippen LogP contribution in [0.5, 0.6) is 0 Å². The molecule has 1 aromatic carbocycles. The molecule has 0 radical (unpaired) electrons. The third-order valence-corrected chi connectivity index (χ3v) is 3.71. The molecule has 24 heavy (non-hydrogen) atoms. The van der Waals surface area contributed by atoms with Crippen LogP contribution in [0, 0.1) is 5.82 Å². The van der Waals surface area contributed by atoms with E-state index in [0.717, 1.165) is 0 Å². The van der Waals surface area contributed by atoms with Gasteiger partial charge in [-0.25, -0.2) is 4.39 Å². The summed E-state index contributed by atoms with van der Waals surface area (Å²) >= 11 is 0. The zero-order valence-electron chi connectivity index (χ0n) is 13.2. The topological polar surface area (TPSA) is 76.5 Å². The van der Waals surface area contributed by atoms with Crippen LogP contribution in [-0.2, 0) is 11.8 Å². The molecule has 126 valence electrons. The van der Waals surface area contributed by atoms with E-state index in [9.17, 15) is 14.0 Å². The molecule has 1 aromatic heterocycles. The summed E-state index contributed by atoms with van der Waals surface area (Å²) in [6.45, 7) is 1.98. The molecule has 0 spiro atoms. The van der Waals surface area contributed by atoms with E-state index in [1.54, 1.807) is 18.0 Å². The Morgan fingerprint density at radius 3 is 2.71 bits per heavy atom. The van der Waals surface area contributed by atoms with Gasteiger partial charge in [0.2, 0.25) is 0 Å². The number of rotatable bonds is 3. The lowest BCUT2D eigenvalue weighted by Gasteiger charge is -2.25. The summed E-state index contributed by atoms with van der Waals surface area (Å²) in [7, 11) is 1.58. The number of nitrogens with zero attached hydrogens (tertiary/aromatic N) is 3. The van der Waals surface area contributed by atoms with Crippen LogP contribution in [0.25, 0.3) is 0 Å². The van der Waals surface area contributed by atoms with E-state index in [2.05, 4.69) is 10.4 Å². The van der Waals surface area contributed by atoms with E-state index >= 15 is 0 Å². The van der Waals surface area contributed by atoms with Crippen LogP contribution in [0.3, 0.4) is 0 Å². The number of anilines is 1. The van der Waals surface area contributed by atoms with Gasteiger partial charge in [-0.1, -0.05) is 6.07 Å². The number of aromatic nitrogens is 2. The van der Waals surface area contributed by atoms with E-state index in [0.29, 0.717) is 32.0 Å². The van der Waals surface area contributed by atoms with Crippen molar-refractivity contribution < 1.29 is 18.7 Å². The molecular formula is C16H17FN4O3. The molecule has 2 amide bonds. The van der Waals surface area contributed by atoms with E-state index in [1.165, 1.54) is 28.9 Å². The fraction of sp³-hybridized carbons (Fsp3) is 0.312. The van der Waals surface area contributed by atoms with Gasteiger partial charge in [0, 0.05) is 31.9 Å². The molecule has 1 fully saturated rings. The lowest BCUT2D eigenvalue weighted by atomic mass is 10.2. The Bertz CT molecular complexity index is 768. The van der Waals surface area contributed by atoms with Crippen LogP contribution in [0.2, 0.25) is 0 Å². The first-order valence-electron chi connectivity index (χ1n) is 7.52. The molecule has 1 saturated heterocycles. The van der Waals surface area contributed by atoms with Gasteiger partial charge in [-0.15, -0.1) is 0 Å². The van der Waals surface area contributed by atoms with Crippen molar-refractivity contribution in [2.24, 2.45) is 7.05 Å². The summed E-state index contributed by atoms with van der Waals surface area (Å²) in [6, 6.07) is 7.03. The predicted molar refractivity (Wildman–Crippen MR) is 84.3 cm³/mol. The molecule has 3 rings (SSSR count). The normalized spacial score (nSPS) is 14.5. The third-order valence-electron chi connectivity index (χ3n) is 3.71. The quantitative estimate of drug-likeness (QED) is 0.919. The maximum Gasteiger partial charge on any atom is 0.274 e. The summed E-state index contributed by atoms with van der Waals surface area (Å²) in [5.41, 5.74) is 0.752. The maximum atomic E-state index is 13.2.